The summed E-state index contributed by atoms with van der Waals surface area (Å²) in [6.45, 7) is 0.0344. The molecular formula is C13H16ClNOS. The van der Waals surface area contributed by atoms with Gasteiger partial charge in [0.05, 0.1) is 6.61 Å². The smallest absolute Gasteiger partial charge is 0.0585 e. The summed E-state index contributed by atoms with van der Waals surface area (Å²) in [5.74, 6) is 0. The van der Waals surface area contributed by atoms with Crippen molar-refractivity contribution in [2.24, 2.45) is 5.73 Å². The molecule has 0 radical (unpaired) electrons. The second-order valence-corrected chi connectivity index (χ2v) is 4.77. The molecule has 92 valence electrons. The fourth-order valence-corrected chi connectivity index (χ4v) is 2.35. The monoisotopic (exact) mass is 269 g/mol. The number of hydrogen-bond donors (Lipinski definition) is 2. The summed E-state index contributed by atoms with van der Waals surface area (Å²) in [5, 5.41) is 11.0. The molecule has 17 heavy (non-hydrogen) atoms. The molecule has 0 bridgehead atoms. The van der Waals surface area contributed by atoms with Gasteiger partial charge in [0.15, 0.2) is 0 Å². The summed E-state index contributed by atoms with van der Waals surface area (Å²) >= 11 is 1.74. The van der Waals surface area contributed by atoms with Crippen LogP contribution in [0.1, 0.15) is 5.56 Å². The second-order valence-electron chi connectivity index (χ2n) is 3.82. The lowest BCUT2D eigenvalue weighted by Gasteiger charge is -2.08. The van der Waals surface area contributed by atoms with E-state index < -0.39 is 0 Å². The highest BCUT2D eigenvalue weighted by Gasteiger charge is 2.03. The zero-order chi connectivity index (χ0) is 11.4. The van der Waals surface area contributed by atoms with Gasteiger partial charge < -0.3 is 10.8 Å². The van der Waals surface area contributed by atoms with Crippen molar-refractivity contribution in [3.05, 3.63) is 47.3 Å². The van der Waals surface area contributed by atoms with Crippen molar-refractivity contribution in [1.29, 1.82) is 0 Å². The molecule has 0 aliphatic heterocycles. The maximum atomic E-state index is 8.88. The first-order valence-corrected chi connectivity index (χ1v) is 6.17. The third-order valence-electron chi connectivity index (χ3n) is 2.49. The van der Waals surface area contributed by atoms with Crippen LogP contribution in [0.2, 0.25) is 0 Å². The molecule has 2 nitrogen and oxygen atoms in total. The van der Waals surface area contributed by atoms with E-state index in [9.17, 15) is 0 Å². The minimum absolute atomic E-state index is 0. The van der Waals surface area contributed by atoms with E-state index in [2.05, 4.69) is 41.8 Å². The third kappa shape index (κ3) is 3.82. The normalized spacial score (nSPS) is 11.9. The van der Waals surface area contributed by atoms with Crippen LogP contribution in [0.3, 0.4) is 0 Å². The molecule has 0 saturated carbocycles. The Balaban J connectivity index is 0.00000144. The zero-order valence-electron chi connectivity index (χ0n) is 9.37. The van der Waals surface area contributed by atoms with Crippen LogP contribution >= 0.6 is 23.7 Å². The molecule has 0 saturated heterocycles. The highest BCUT2D eigenvalue weighted by atomic mass is 35.5. The Hall–Kier alpha value is -0.870. The van der Waals surface area contributed by atoms with Gasteiger partial charge in [-0.25, -0.2) is 0 Å². The molecule has 2 aromatic rings. The Morgan fingerprint density at radius 1 is 1.18 bits per heavy atom. The van der Waals surface area contributed by atoms with E-state index in [1.165, 1.54) is 16.0 Å². The SMILES string of the molecule is Cl.NC(CO)Cc1ccc(-c2cccs2)cc1. The summed E-state index contributed by atoms with van der Waals surface area (Å²) in [5.41, 5.74) is 8.09. The Bertz CT molecular complexity index is 427. The lowest BCUT2D eigenvalue weighted by Crippen LogP contribution is -2.26. The average molecular weight is 270 g/mol. The molecule has 0 aliphatic carbocycles. The lowest BCUT2D eigenvalue weighted by atomic mass is 10.0. The molecule has 4 heteroatoms. The van der Waals surface area contributed by atoms with E-state index >= 15 is 0 Å². The van der Waals surface area contributed by atoms with Gasteiger partial charge >= 0.3 is 0 Å². The predicted molar refractivity (Wildman–Crippen MR) is 75.8 cm³/mol. The van der Waals surface area contributed by atoms with Gasteiger partial charge in [-0.15, -0.1) is 23.7 Å². The van der Waals surface area contributed by atoms with Crippen molar-refractivity contribution in [3.8, 4) is 10.4 Å². The minimum atomic E-state index is -0.160. The fourth-order valence-electron chi connectivity index (χ4n) is 1.62. The molecule has 0 spiro atoms. The minimum Gasteiger partial charge on any atom is -0.395 e. The first kappa shape index (κ1) is 14.2. The fraction of sp³-hybridized carbons (Fsp3) is 0.231. The van der Waals surface area contributed by atoms with Crippen LogP contribution in [-0.2, 0) is 6.42 Å². The molecule has 1 unspecified atom stereocenters. The summed E-state index contributed by atoms with van der Waals surface area (Å²) in [6, 6.07) is 12.4. The van der Waals surface area contributed by atoms with Gasteiger partial charge in [-0.1, -0.05) is 30.3 Å². The Morgan fingerprint density at radius 2 is 1.88 bits per heavy atom. The second kappa shape index (κ2) is 6.77. The molecule has 2 rings (SSSR count). The first-order valence-electron chi connectivity index (χ1n) is 5.29. The van der Waals surface area contributed by atoms with Crippen LogP contribution in [-0.4, -0.2) is 17.8 Å². The molecule has 1 atom stereocenters. The number of benzene rings is 1. The molecule has 0 aliphatic rings. The number of rotatable bonds is 4. The molecule has 0 amide bonds. The number of halogens is 1. The number of hydrogen-bond acceptors (Lipinski definition) is 3. The van der Waals surface area contributed by atoms with Crippen molar-refractivity contribution in [1.82, 2.24) is 0 Å². The van der Waals surface area contributed by atoms with Gasteiger partial charge in [-0.05, 0) is 29.0 Å². The number of aliphatic hydroxyl groups is 1. The van der Waals surface area contributed by atoms with E-state index in [4.69, 9.17) is 10.8 Å². The Labute approximate surface area is 112 Å². The lowest BCUT2D eigenvalue weighted by molar-refractivity contribution is 0.265. The van der Waals surface area contributed by atoms with Crippen molar-refractivity contribution in [3.63, 3.8) is 0 Å². The maximum Gasteiger partial charge on any atom is 0.0585 e. The van der Waals surface area contributed by atoms with E-state index in [0.717, 1.165) is 6.42 Å². The Kier molecular flexibility index (Phi) is 5.65. The first-order chi connectivity index (χ1) is 7.79. The zero-order valence-corrected chi connectivity index (χ0v) is 11.0. The summed E-state index contributed by atoms with van der Waals surface area (Å²) in [7, 11) is 0. The van der Waals surface area contributed by atoms with Crippen LogP contribution < -0.4 is 5.73 Å². The van der Waals surface area contributed by atoms with Gasteiger partial charge in [0.1, 0.15) is 0 Å². The van der Waals surface area contributed by atoms with Crippen LogP contribution in [0.15, 0.2) is 41.8 Å². The largest absolute Gasteiger partial charge is 0.395 e. The van der Waals surface area contributed by atoms with Crippen LogP contribution in [0.25, 0.3) is 10.4 Å². The van der Waals surface area contributed by atoms with Crippen LogP contribution in [0.5, 0.6) is 0 Å². The van der Waals surface area contributed by atoms with Gasteiger partial charge in [0.2, 0.25) is 0 Å². The van der Waals surface area contributed by atoms with Crippen molar-refractivity contribution < 1.29 is 5.11 Å². The van der Waals surface area contributed by atoms with Gasteiger partial charge in [0, 0.05) is 10.9 Å². The van der Waals surface area contributed by atoms with E-state index in [1.807, 2.05) is 0 Å². The van der Waals surface area contributed by atoms with E-state index in [1.54, 1.807) is 11.3 Å². The number of aliphatic hydroxyl groups excluding tert-OH is 1. The third-order valence-corrected chi connectivity index (χ3v) is 3.41. The number of thiophene rings is 1. The molecule has 1 heterocycles. The molecule has 1 aromatic carbocycles. The van der Waals surface area contributed by atoms with Crippen molar-refractivity contribution >= 4 is 23.7 Å². The van der Waals surface area contributed by atoms with E-state index in [0.29, 0.717) is 0 Å². The van der Waals surface area contributed by atoms with Gasteiger partial charge in [-0.2, -0.15) is 0 Å². The van der Waals surface area contributed by atoms with Crippen LogP contribution in [0, 0.1) is 0 Å². The van der Waals surface area contributed by atoms with Gasteiger partial charge in [0.25, 0.3) is 0 Å². The molecular weight excluding hydrogens is 254 g/mol. The standard InChI is InChI=1S/C13H15NOS.ClH/c14-12(9-15)8-10-3-5-11(6-4-10)13-2-1-7-16-13;/h1-7,12,15H,8-9,14H2;1H. The highest BCUT2D eigenvalue weighted by molar-refractivity contribution is 7.13. The van der Waals surface area contributed by atoms with E-state index in [-0.39, 0.29) is 25.1 Å². The summed E-state index contributed by atoms with van der Waals surface area (Å²) < 4.78 is 0. The van der Waals surface area contributed by atoms with Crippen molar-refractivity contribution in [2.45, 2.75) is 12.5 Å². The average Bonchev–Trinajstić information content (AvgIpc) is 2.83. The topological polar surface area (TPSA) is 46.2 Å². The highest BCUT2D eigenvalue weighted by Crippen LogP contribution is 2.24. The van der Waals surface area contributed by atoms with Crippen LogP contribution in [0.4, 0.5) is 0 Å². The maximum absolute atomic E-state index is 8.88. The quantitative estimate of drug-likeness (QED) is 0.897. The predicted octanol–water partition coefficient (Wildman–Crippen LogP) is 2.70. The van der Waals surface area contributed by atoms with Crippen molar-refractivity contribution in [2.75, 3.05) is 6.61 Å². The molecule has 0 fully saturated rings. The molecule has 1 aromatic heterocycles. The Morgan fingerprint density at radius 3 is 2.41 bits per heavy atom. The van der Waals surface area contributed by atoms with Gasteiger partial charge in [-0.3, -0.25) is 0 Å². The summed E-state index contributed by atoms with van der Waals surface area (Å²) in [6.07, 6.45) is 0.723. The summed E-state index contributed by atoms with van der Waals surface area (Å²) in [4.78, 5) is 1.28. The number of nitrogens with two attached hydrogens (primary N) is 1. The molecule has 3 N–H and O–H groups in total.